The molecule has 6 nitrogen and oxygen atoms in total. The molecule has 6 aliphatic rings. The third kappa shape index (κ3) is 10.8. The standard InChI is InChI=1S/C130H86N4O2/c1-127(2)111-77-83(65-71-98(111)99-73-67-93(79-112(99)127)132(89-45-19-7-20-46-89)95-70-76-104-116(81-95)130(123-105-55-29-33-63-119(105)135-125(104)123)107-57-31-27-53-97(107)101-74-68-94(80-115(101)130)131(87-41-15-5-16-42-87)88-43-17-6-18-44-88)84-66-72-100-102-75-69-96(82-114(102)128(113(100)78-84,85-37-11-3-12-38-85)86-39-13-4-14-40-86)134(92-51-25-10-26-52-92)118-62-36-60-110-122(118)126-124(106-56-30-34-64-120(106)136-126)129(110)108-58-32-28-54-103(108)121-109(129)59-35-61-117(121)133(90-47-21-8-22-48-90)91-49-23-9-24-50-91/h3-82H,1-2H3. The van der Waals surface area contributed by atoms with Gasteiger partial charge in [-0.25, -0.2) is 0 Å². The molecule has 0 aliphatic heterocycles. The highest BCUT2D eigenvalue weighted by molar-refractivity contribution is 6.10. The van der Waals surface area contributed by atoms with Crippen molar-refractivity contribution in [2.75, 3.05) is 19.6 Å². The molecule has 2 heterocycles. The van der Waals surface area contributed by atoms with Gasteiger partial charge in [0.1, 0.15) is 22.7 Å². The molecule has 0 radical (unpaired) electrons. The minimum Gasteiger partial charge on any atom is -0.456 e. The van der Waals surface area contributed by atoms with E-state index in [0.717, 1.165) is 124 Å². The van der Waals surface area contributed by atoms with Gasteiger partial charge in [-0.3, -0.25) is 0 Å². The minimum atomic E-state index is -0.794. The molecular weight excluding hydrogens is 1650 g/mol. The molecule has 28 rings (SSSR count). The van der Waals surface area contributed by atoms with Gasteiger partial charge >= 0.3 is 0 Å². The van der Waals surface area contributed by atoms with Crippen LogP contribution in [0.3, 0.4) is 0 Å². The fraction of sp³-hybridized carbons (Fsp3) is 0.0462. The van der Waals surface area contributed by atoms with Gasteiger partial charge in [-0.05, 0) is 281 Å². The van der Waals surface area contributed by atoms with Crippen LogP contribution in [0.4, 0.5) is 68.2 Å². The fourth-order valence-electron chi connectivity index (χ4n) is 25.0. The Morgan fingerprint density at radius 1 is 0.184 bits per heavy atom. The number of nitrogens with zero attached hydrogens (tertiary/aromatic N) is 4. The van der Waals surface area contributed by atoms with Crippen LogP contribution in [0.1, 0.15) is 91.7 Å². The largest absolute Gasteiger partial charge is 0.456 e. The first-order valence-corrected chi connectivity index (χ1v) is 47.3. The minimum absolute atomic E-state index is 0.418. The number of benzene rings is 20. The maximum absolute atomic E-state index is 7.58. The SMILES string of the molecule is CC1(C)c2cc(-c3ccc4c(c3)C(c3ccccc3)(c3ccccc3)c3cc(N(c5ccccc5)c5cccc6c5-c5oc7ccccc7c5C65c6ccccc6-c6c(N(c7ccccc7)c7ccccc7)cccc65)ccc3-4)ccc2-c2ccc(N(c3ccccc3)c3ccc4c(c3)C3(c5ccccc5-c5ccc(N(c6ccccc6)c6ccccc6)cc53)c3c-4oc4ccccc34)cc21. The van der Waals surface area contributed by atoms with Crippen molar-refractivity contribution in [1.29, 1.82) is 0 Å². The highest BCUT2D eigenvalue weighted by Crippen LogP contribution is 2.71. The van der Waals surface area contributed by atoms with E-state index in [1.165, 1.54) is 122 Å². The lowest BCUT2D eigenvalue weighted by atomic mass is 9.67. The van der Waals surface area contributed by atoms with Gasteiger partial charge in [-0.15, -0.1) is 0 Å². The summed E-state index contributed by atoms with van der Waals surface area (Å²) < 4.78 is 14.8. The van der Waals surface area contributed by atoms with E-state index in [0.29, 0.717) is 0 Å². The Labute approximate surface area is 790 Å². The molecule has 2 atom stereocenters. The predicted octanol–water partition coefficient (Wildman–Crippen LogP) is 34.1. The zero-order valence-electron chi connectivity index (χ0n) is 74.8. The number of hydrogen-bond acceptors (Lipinski definition) is 6. The molecule has 136 heavy (non-hydrogen) atoms. The monoisotopic (exact) mass is 1730 g/mol. The lowest BCUT2D eigenvalue weighted by Gasteiger charge is -2.35. The number of rotatable bonds is 15. The third-order valence-corrected chi connectivity index (χ3v) is 30.5. The molecule has 6 aliphatic carbocycles. The van der Waals surface area contributed by atoms with E-state index in [9.17, 15) is 0 Å². The topological polar surface area (TPSA) is 39.2 Å². The van der Waals surface area contributed by atoms with Crippen LogP contribution in [0, 0.1) is 0 Å². The first kappa shape index (κ1) is 77.4. The molecular formula is C130H86N4O2. The van der Waals surface area contributed by atoms with Crippen molar-refractivity contribution in [1.82, 2.24) is 0 Å². The summed E-state index contributed by atoms with van der Waals surface area (Å²) in [6.07, 6.45) is 0. The zero-order chi connectivity index (χ0) is 89.7. The Morgan fingerprint density at radius 2 is 0.478 bits per heavy atom. The summed E-state index contributed by atoms with van der Waals surface area (Å²) in [7, 11) is 0. The van der Waals surface area contributed by atoms with Crippen LogP contribution in [0.5, 0.6) is 0 Å². The summed E-state index contributed by atoms with van der Waals surface area (Å²) in [6, 6.07) is 181. The second-order valence-electron chi connectivity index (χ2n) is 37.5. The van der Waals surface area contributed by atoms with Gasteiger partial charge in [0.05, 0.1) is 27.6 Å². The average Bonchev–Trinajstić information content (AvgIpc) is 1.49. The van der Waals surface area contributed by atoms with Gasteiger partial charge in [0.2, 0.25) is 0 Å². The molecule has 2 aromatic heterocycles. The molecule has 22 aromatic rings. The zero-order valence-corrected chi connectivity index (χ0v) is 74.8. The van der Waals surface area contributed by atoms with E-state index in [4.69, 9.17) is 8.83 Å². The Bertz CT molecular complexity index is 8530. The number of furan rings is 2. The molecule has 2 spiro atoms. The van der Waals surface area contributed by atoms with E-state index in [1.54, 1.807) is 0 Å². The highest BCUT2D eigenvalue weighted by Gasteiger charge is 2.59. The van der Waals surface area contributed by atoms with E-state index in [2.05, 4.69) is 519 Å². The van der Waals surface area contributed by atoms with E-state index < -0.39 is 21.7 Å². The number of anilines is 12. The van der Waals surface area contributed by atoms with Crippen molar-refractivity contribution in [3.63, 3.8) is 0 Å². The Balaban J connectivity index is 0.575. The molecule has 0 amide bonds. The quantitative estimate of drug-likeness (QED) is 0.102. The maximum atomic E-state index is 7.58. The van der Waals surface area contributed by atoms with Gasteiger partial charge in [-0.1, -0.05) is 335 Å². The van der Waals surface area contributed by atoms with Crippen LogP contribution in [0.25, 0.3) is 100 Å². The number of hydrogen-bond donors (Lipinski definition) is 0. The summed E-state index contributed by atoms with van der Waals surface area (Å²) in [6.45, 7) is 4.86. The molecule has 0 fully saturated rings. The number of fused-ring (bicyclic) bond motifs is 30. The van der Waals surface area contributed by atoms with Crippen molar-refractivity contribution in [2.45, 2.75) is 35.5 Å². The van der Waals surface area contributed by atoms with Crippen LogP contribution in [0.15, 0.2) is 494 Å². The predicted molar refractivity (Wildman–Crippen MR) is 558 cm³/mol. The third-order valence-electron chi connectivity index (χ3n) is 30.5. The fourth-order valence-corrected chi connectivity index (χ4v) is 25.0. The maximum Gasteiger partial charge on any atom is 0.142 e. The lowest BCUT2D eigenvalue weighted by molar-refractivity contribution is 0.628. The van der Waals surface area contributed by atoms with Crippen LogP contribution in [0.2, 0.25) is 0 Å². The first-order valence-electron chi connectivity index (χ1n) is 47.3. The van der Waals surface area contributed by atoms with E-state index >= 15 is 0 Å². The van der Waals surface area contributed by atoms with Gasteiger partial charge in [0.15, 0.2) is 0 Å². The van der Waals surface area contributed by atoms with Crippen molar-refractivity contribution in [3.8, 4) is 78.3 Å². The molecule has 0 bridgehead atoms. The summed E-state index contributed by atoms with van der Waals surface area (Å²) in [5.74, 6) is 1.79. The smallest absolute Gasteiger partial charge is 0.142 e. The van der Waals surface area contributed by atoms with Gasteiger partial charge < -0.3 is 28.4 Å². The van der Waals surface area contributed by atoms with Crippen LogP contribution in [-0.2, 0) is 21.7 Å². The molecule has 638 valence electrons. The van der Waals surface area contributed by atoms with Crippen LogP contribution in [-0.4, -0.2) is 0 Å². The Morgan fingerprint density at radius 3 is 0.971 bits per heavy atom. The first-order chi connectivity index (χ1) is 67.2. The van der Waals surface area contributed by atoms with E-state index in [1.807, 2.05) is 0 Å². The second-order valence-corrected chi connectivity index (χ2v) is 37.5. The van der Waals surface area contributed by atoms with E-state index in [-0.39, 0.29) is 0 Å². The molecule has 0 N–H and O–H groups in total. The lowest BCUT2D eigenvalue weighted by Crippen LogP contribution is -2.29. The van der Waals surface area contributed by atoms with Gasteiger partial charge in [0.25, 0.3) is 0 Å². The molecule has 0 saturated carbocycles. The van der Waals surface area contributed by atoms with Crippen LogP contribution >= 0.6 is 0 Å². The molecule has 2 unspecified atom stereocenters. The summed E-state index contributed by atoms with van der Waals surface area (Å²) >= 11 is 0. The number of para-hydroxylation sites is 8. The molecule has 20 aromatic carbocycles. The highest BCUT2D eigenvalue weighted by atomic mass is 16.3. The van der Waals surface area contributed by atoms with Gasteiger partial charge in [0, 0.05) is 101 Å². The second kappa shape index (κ2) is 29.6. The average molecular weight is 1740 g/mol. The Hall–Kier alpha value is -17.3. The normalized spacial score (nSPS) is 15.5. The molecule has 0 saturated heterocycles. The Kier molecular flexibility index (Phi) is 16.9. The van der Waals surface area contributed by atoms with Gasteiger partial charge in [-0.2, -0.15) is 0 Å². The van der Waals surface area contributed by atoms with Crippen molar-refractivity contribution in [2.24, 2.45) is 0 Å². The summed E-state index contributed by atoms with van der Waals surface area (Å²) in [5, 5.41) is 2.21. The van der Waals surface area contributed by atoms with Crippen LogP contribution < -0.4 is 19.6 Å². The summed E-state index contributed by atoms with van der Waals surface area (Å²) in [5.41, 5.74) is 43.0. The summed E-state index contributed by atoms with van der Waals surface area (Å²) in [4.78, 5) is 9.82. The van der Waals surface area contributed by atoms with Crippen molar-refractivity contribution >= 4 is 90.2 Å². The molecule has 6 heteroatoms. The van der Waals surface area contributed by atoms with Crippen molar-refractivity contribution in [3.05, 3.63) is 563 Å². The van der Waals surface area contributed by atoms with Crippen molar-refractivity contribution < 1.29 is 8.83 Å².